The van der Waals surface area contributed by atoms with Crippen LogP contribution in [0.3, 0.4) is 0 Å². The van der Waals surface area contributed by atoms with Crippen LogP contribution in [0.25, 0.3) is 0 Å². The molecule has 6 heteroatoms. The lowest BCUT2D eigenvalue weighted by atomic mass is 9.57. The van der Waals surface area contributed by atoms with Gasteiger partial charge in [0.25, 0.3) is 5.91 Å². The van der Waals surface area contributed by atoms with Crippen LogP contribution in [0.5, 0.6) is 0 Å². The summed E-state index contributed by atoms with van der Waals surface area (Å²) in [6.07, 6.45) is 2.21. The van der Waals surface area contributed by atoms with Crippen molar-refractivity contribution in [1.82, 2.24) is 5.32 Å². The second-order valence-corrected chi connectivity index (χ2v) is 6.02. The first kappa shape index (κ1) is 13.2. The molecule has 0 bridgehead atoms. The van der Waals surface area contributed by atoms with Crippen LogP contribution in [0, 0.1) is 11.3 Å². The van der Waals surface area contributed by atoms with Crippen LogP contribution in [-0.2, 0) is 4.74 Å². The number of carbonyl (C=O) groups excluding carboxylic acids is 1. The van der Waals surface area contributed by atoms with Gasteiger partial charge in [-0.3, -0.25) is 4.79 Å². The molecule has 2 fully saturated rings. The molecular weight excluding hydrogens is 262 g/mol. The van der Waals surface area contributed by atoms with Crippen molar-refractivity contribution >= 4 is 11.9 Å². The first-order valence-electron chi connectivity index (χ1n) is 6.65. The number of nitrogens with one attached hydrogen (secondary N) is 1. The van der Waals surface area contributed by atoms with Gasteiger partial charge in [-0.15, -0.1) is 0 Å². The van der Waals surface area contributed by atoms with E-state index in [-0.39, 0.29) is 34.8 Å². The Labute approximate surface area is 116 Å². The first-order chi connectivity index (χ1) is 9.41. The zero-order valence-corrected chi connectivity index (χ0v) is 11.4. The summed E-state index contributed by atoms with van der Waals surface area (Å²) in [5.41, 5.74) is -0.135. The highest BCUT2D eigenvalue weighted by atomic mass is 16.5. The average Bonchev–Trinajstić information content (AvgIpc) is 3.03. The number of hydrogen-bond donors (Lipinski definition) is 2. The van der Waals surface area contributed by atoms with Crippen LogP contribution in [0.15, 0.2) is 16.7 Å². The van der Waals surface area contributed by atoms with Crippen molar-refractivity contribution in [2.75, 3.05) is 6.61 Å². The molecule has 1 aromatic heterocycles. The number of carboxylic acid groups (broad SMARTS) is 1. The number of fused-ring (bicyclic) bond motifs is 1. The molecule has 3 unspecified atom stereocenters. The van der Waals surface area contributed by atoms with Gasteiger partial charge in [-0.25, -0.2) is 4.79 Å². The van der Waals surface area contributed by atoms with Crippen molar-refractivity contribution in [3.05, 3.63) is 23.7 Å². The third-order valence-corrected chi connectivity index (χ3v) is 4.46. The topological polar surface area (TPSA) is 88.8 Å². The Hall–Kier alpha value is -1.82. The summed E-state index contributed by atoms with van der Waals surface area (Å²) in [6, 6.07) is 1.27. The summed E-state index contributed by atoms with van der Waals surface area (Å²) in [6.45, 7) is 4.86. The zero-order chi connectivity index (χ0) is 14.5. The van der Waals surface area contributed by atoms with E-state index in [0.29, 0.717) is 5.92 Å². The Morgan fingerprint density at radius 2 is 2.20 bits per heavy atom. The van der Waals surface area contributed by atoms with Crippen LogP contribution in [0.4, 0.5) is 0 Å². The molecule has 3 atom stereocenters. The third kappa shape index (κ3) is 1.83. The second-order valence-electron chi connectivity index (χ2n) is 6.02. The minimum atomic E-state index is -1.11. The Morgan fingerprint density at radius 3 is 2.85 bits per heavy atom. The Kier molecular flexibility index (Phi) is 2.86. The fraction of sp³-hybridized carbons (Fsp3) is 0.571. The molecule has 1 aliphatic heterocycles. The lowest BCUT2D eigenvalue weighted by Gasteiger charge is -2.54. The average molecular weight is 279 g/mol. The first-order valence-corrected chi connectivity index (χ1v) is 6.65. The van der Waals surface area contributed by atoms with Crippen LogP contribution in [0.1, 0.15) is 41.2 Å². The highest BCUT2D eigenvalue weighted by Crippen LogP contribution is 2.52. The van der Waals surface area contributed by atoms with Gasteiger partial charge in [-0.05, 0) is 6.42 Å². The maximum Gasteiger partial charge on any atom is 0.338 e. The molecule has 0 radical (unpaired) electrons. The van der Waals surface area contributed by atoms with E-state index in [1.165, 1.54) is 6.07 Å². The molecule has 2 N–H and O–H groups in total. The molecule has 2 aliphatic rings. The van der Waals surface area contributed by atoms with E-state index in [2.05, 4.69) is 19.2 Å². The quantitative estimate of drug-likeness (QED) is 0.875. The number of aromatic carboxylic acids is 1. The van der Waals surface area contributed by atoms with Gasteiger partial charge in [-0.2, -0.15) is 0 Å². The Balaban J connectivity index is 1.71. The SMILES string of the molecule is CC1(C)C(NC(=O)c2cc(C(=O)O)co2)C2CCOC21. The molecule has 1 amide bonds. The predicted molar refractivity (Wildman–Crippen MR) is 68.5 cm³/mol. The van der Waals surface area contributed by atoms with Crippen LogP contribution in [-0.4, -0.2) is 35.7 Å². The number of carboxylic acids is 1. The van der Waals surface area contributed by atoms with Crippen LogP contribution >= 0.6 is 0 Å². The van der Waals surface area contributed by atoms with E-state index >= 15 is 0 Å². The van der Waals surface area contributed by atoms with Crippen molar-refractivity contribution in [3.8, 4) is 0 Å². The third-order valence-electron chi connectivity index (χ3n) is 4.46. The molecule has 108 valence electrons. The van der Waals surface area contributed by atoms with Gasteiger partial charge >= 0.3 is 5.97 Å². The molecule has 3 rings (SSSR count). The van der Waals surface area contributed by atoms with Crippen molar-refractivity contribution in [1.29, 1.82) is 0 Å². The highest BCUT2D eigenvalue weighted by molar-refractivity contribution is 5.95. The molecule has 1 aliphatic carbocycles. The summed E-state index contributed by atoms with van der Waals surface area (Å²) >= 11 is 0. The maximum atomic E-state index is 12.1. The van der Waals surface area contributed by atoms with E-state index in [1.54, 1.807) is 0 Å². The van der Waals surface area contributed by atoms with Gasteiger partial charge in [0.2, 0.25) is 0 Å². The summed E-state index contributed by atoms with van der Waals surface area (Å²) in [4.78, 5) is 22.9. The molecule has 0 aromatic carbocycles. The summed E-state index contributed by atoms with van der Waals surface area (Å²) < 4.78 is 10.7. The van der Waals surface area contributed by atoms with Gasteiger partial charge in [-0.1, -0.05) is 13.8 Å². The standard InChI is InChI=1S/C14H17NO5/c1-14(2)10(8-3-4-19-11(8)14)15-12(16)9-5-7(6-20-9)13(17)18/h5-6,8,10-11H,3-4H2,1-2H3,(H,15,16)(H,17,18). The summed E-state index contributed by atoms with van der Waals surface area (Å²) in [5, 5.41) is 11.8. The minimum absolute atomic E-state index is 0.0231. The van der Waals surface area contributed by atoms with Gasteiger partial charge in [0.05, 0.1) is 11.7 Å². The van der Waals surface area contributed by atoms with Crippen LogP contribution in [0.2, 0.25) is 0 Å². The number of rotatable bonds is 3. The van der Waals surface area contributed by atoms with E-state index in [9.17, 15) is 9.59 Å². The molecule has 20 heavy (non-hydrogen) atoms. The monoisotopic (exact) mass is 279 g/mol. The van der Waals surface area contributed by atoms with Crippen molar-refractivity contribution < 1.29 is 23.8 Å². The van der Waals surface area contributed by atoms with Gasteiger partial charge in [0.15, 0.2) is 5.76 Å². The number of amides is 1. The minimum Gasteiger partial charge on any atom is -0.478 e. The van der Waals surface area contributed by atoms with Gasteiger partial charge in [0.1, 0.15) is 6.26 Å². The van der Waals surface area contributed by atoms with E-state index in [0.717, 1.165) is 19.3 Å². The number of carbonyl (C=O) groups is 2. The highest BCUT2D eigenvalue weighted by Gasteiger charge is 2.59. The molecule has 1 saturated carbocycles. The molecule has 1 aromatic rings. The molecule has 1 saturated heterocycles. The smallest absolute Gasteiger partial charge is 0.338 e. The van der Waals surface area contributed by atoms with E-state index in [4.69, 9.17) is 14.3 Å². The molecule has 6 nitrogen and oxygen atoms in total. The van der Waals surface area contributed by atoms with E-state index < -0.39 is 5.97 Å². The number of furan rings is 1. The Bertz CT molecular complexity index is 562. The number of hydrogen-bond acceptors (Lipinski definition) is 4. The maximum absolute atomic E-state index is 12.1. The van der Waals surface area contributed by atoms with Gasteiger partial charge < -0.3 is 19.6 Å². The fourth-order valence-electron chi connectivity index (χ4n) is 3.40. The van der Waals surface area contributed by atoms with Crippen molar-refractivity contribution in [2.45, 2.75) is 32.4 Å². The molecular formula is C14H17NO5. The largest absolute Gasteiger partial charge is 0.478 e. The molecule has 2 heterocycles. The predicted octanol–water partition coefficient (Wildman–Crippen LogP) is 1.52. The lowest BCUT2D eigenvalue weighted by molar-refractivity contribution is -0.109. The van der Waals surface area contributed by atoms with Crippen molar-refractivity contribution in [3.63, 3.8) is 0 Å². The summed E-state index contributed by atoms with van der Waals surface area (Å²) in [5.74, 6) is -1.12. The lowest BCUT2D eigenvalue weighted by Crippen LogP contribution is -2.66. The second kappa shape index (κ2) is 4.34. The molecule has 0 spiro atoms. The number of ether oxygens (including phenoxy) is 1. The van der Waals surface area contributed by atoms with Crippen LogP contribution < -0.4 is 5.32 Å². The van der Waals surface area contributed by atoms with E-state index in [1.807, 2.05) is 0 Å². The fourth-order valence-corrected chi connectivity index (χ4v) is 3.40. The van der Waals surface area contributed by atoms with Crippen molar-refractivity contribution in [2.24, 2.45) is 11.3 Å². The zero-order valence-electron chi connectivity index (χ0n) is 11.4. The Morgan fingerprint density at radius 1 is 1.45 bits per heavy atom. The normalized spacial score (nSPS) is 30.4. The summed E-state index contributed by atoms with van der Waals surface area (Å²) in [7, 11) is 0. The van der Waals surface area contributed by atoms with Gasteiger partial charge in [0, 0.05) is 30.0 Å².